The second-order valence-electron chi connectivity index (χ2n) is 9.92. The first-order valence-electron chi connectivity index (χ1n) is 13.2. The van der Waals surface area contributed by atoms with Gasteiger partial charge in [-0.15, -0.1) is 0 Å². The number of halogens is 2. The normalized spacial score (nSPS) is 14.5. The van der Waals surface area contributed by atoms with Crippen molar-refractivity contribution in [2.24, 2.45) is 0 Å². The van der Waals surface area contributed by atoms with Crippen LogP contribution in [0.2, 0.25) is 5.02 Å². The molecule has 5 nitrogen and oxygen atoms in total. The Bertz CT molecular complexity index is 1230. The summed E-state index contributed by atoms with van der Waals surface area (Å²) in [7, 11) is 0. The third-order valence-corrected chi connectivity index (χ3v) is 7.76. The van der Waals surface area contributed by atoms with E-state index in [1.807, 2.05) is 55.5 Å². The van der Waals surface area contributed by atoms with Crippen LogP contribution in [0.3, 0.4) is 0 Å². The van der Waals surface area contributed by atoms with Crippen LogP contribution in [0, 0.1) is 6.92 Å². The Morgan fingerprint density at radius 3 is 2.45 bits per heavy atom. The summed E-state index contributed by atoms with van der Waals surface area (Å²) in [5.41, 5.74) is 3.07. The Hall–Kier alpha value is -2.83. The van der Waals surface area contributed by atoms with Gasteiger partial charge >= 0.3 is 0 Å². The Kier molecular flexibility index (Phi) is 10.2. The molecule has 38 heavy (non-hydrogen) atoms. The van der Waals surface area contributed by atoms with Crippen molar-refractivity contribution >= 4 is 39.3 Å². The van der Waals surface area contributed by atoms with E-state index in [0.717, 1.165) is 42.4 Å². The average molecular weight is 598 g/mol. The maximum atomic E-state index is 13.8. The highest BCUT2D eigenvalue weighted by atomic mass is 79.9. The molecule has 1 unspecified atom stereocenters. The summed E-state index contributed by atoms with van der Waals surface area (Å²) < 4.78 is 6.56. The van der Waals surface area contributed by atoms with Crippen molar-refractivity contribution in [2.75, 3.05) is 6.61 Å². The van der Waals surface area contributed by atoms with E-state index in [1.165, 1.54) is 6.42 Å². The standard InChI is InChI=1S/C31H34BrClN2O3/c1-22-9-8-12-24(17-22)20-35(30(36)21-38-29-16-15-25(33)19-27(29)32)28(18-23-10-4-2-5-11-23)31(37)34-26-13-6-3-7-14-26/h2,4-5,8-12,15-17,19,26,28H,3,6-7,13-14,18,20-21H2,1H3,(H,34,37). The number of benzene rings is 3. The molecule has 0 saturated heterocycles. The summed E-state index contributed by atoms with van der Waals surface area (Å²) in [6, 6.07) is 22.5. The summed E-state index contributed by atoms with van der Waals surface area (Å²) in [4.78, 5) is 29.3. The molecule has 3 aromatic carbocycles. The number of hydrogen-bond acceptors (Lipinski definition) is 3. The zero-order valence-electron chi connectivity index (χ0n) is 21.7. The molecule has 2 amide bonds. The zero-order valence-corrected chi connectivity index (χ0v) is 24.0. The van der Waals surface area contributed by atoms with Gasteiger partial charge in [0.05, 0.1) is 4.47 Å². The molecule has 0 spiro atoms. The zero-order chi connectivity index (χ0) is 26.9. The molecule has 1 aliphatic carbocycles. The Labute approximate surface area is 238 Å². The summed E-state index contributed by atoms with van der Waals surface area (Å²) in [5.74, 6) is 0.145. The minimum atomic E-state index is -0.676. The molecule has 7 heteroatoms. The van der Waals surface area contributed by atoms with Crippen LogP contribution in [0.4, 0.5) is 0 Å². The van der Waals surface area contributed by atoms with Crippen LogP contribution in [0.15, 0.2) is 77.3 Å². The van der Waals surface area contributed by atoms with Gasteiger partial charge in [0.15, 0.2) is 6.61 Å². The average Bonchev–Trinajstić information content (AvgIpc) is 2.91. The van der Waals surface area contributed by atoms with Crippen LogP contribution < -0.4 is 10.1 Å². The number of nitrogens with zero attached hydrogens (tertiary/aromatic N) is 1. The quantitative estimate of drug-likeness (QED) is 0.277. The lowest BCUT2D eigenvalue weighted by Gasteiger charge is -2.33. The van der Waals surface area contributed by atoms with Gasteiger partial charge in [0.25, 0.3) is 5.91 Å². The van der Waals surface area contributed by atoms with Gasteiger partial charge < -0.3 is 15.0 Å². The third kappa shape index (κ3) is 8.08. The molecule has 1 fully saturated rings. The van der Waals surface area contributed by atoms with Crippen LogP contribution in [0.25, 0.3) is 0 Å². The van der Waals surface area contributed by atoms with Crippen molar-refractivity contribution in [3.63, 3.8) is 0 Å². The SMILES string of the molecule is Cc1cccc(CN(C(=O)COc2ccc(Cl)cc2Br)C(Cc2ccccc2)C(=O)NC2CCCCC2)c1. The summed E-state index contributed by atoms with van der Waals surface area (Å²) in [6.45, 7) is 2.13. The maximum Gasteiger partial charge on any atom is 0.261 e. The number of aryl methyl sites for hydroxylation is 1. The molecule has 200 valence electrons. The van der Waals surface area contributed by atoms with E-state index < -0.39 is 6.04 Å². The van der Waals surface area contributed by atoms with E-state index in [1.54, 1.807) is 23.1 Å². The highest BCUT2D eigenvalue weighted by Gasteiger charge is 2.32. The summed E-state index contributed by atoms with van der Waals surface area (Å²) in [5, 5.41) is 3.83. The molecule has 1 aliphatic rings. The van der Waals surface area contributed by atoms with E-state index in [9.17, 15) is 9.59 Å². The number of carbonyl (C=O) groups is 2. The molecule has 0 radical (unpaired) electrons. The Morgan fingerprint density at radius 1 is 1.00 bits per heavy atom. The minimum absolute atomic E-state index is 0.116. The first-order chi connectivity index (χ1) is 18.4. The van der Waals surface area contributed by atoms with Crippen molar-refractivity contribution in [1.29, 1.82) is 0 Å². The number of amides is 2. The van der Waals surface area contributed by atoms with Crippen molar-refractivity contribution in [2.45, 2.75) is 64.1 Å². The lowest BCUT2D eigenvalue weighted by molar-refractivity contribution is -0.143. The van der Waals surface area contributed by atoms with Crippen LogP contribution in [-0.4, -0.2) is 35.4 Å². The number of hydrogen-bond donors (Lipinski definition) is 1. The summed E-state index contributed by atoms with van der Waals surface area (Å²) in [6.07, 6.45) is 5.80. The molecule has 0 bridgehead atoms. The smallest absolute Gasteiger partial charge is 0.261 e. The van der Waals surface area contributed by atoms with Crippen LogP contribution in [-0.2, 0) is 22.6 Å². The van der Waals surface area contributed by atoms with Gasteiger partial charge in [-0.05, 0) is 65.0 Å². The monoisotopic (exact) mass is 596 g/mol. The fourth-order valence-corrected chi connectivity index (χ4v) is 5.72. The predicted octanol–water partition coefficient (Wildman–Crippen LogP) is 6.88. The fraction of sp³-hybridized carbons (Fsp3) is 0.355. The number of carbonyl (C=O) groups excluding carboxylic acids is 2. The Balaban J connectivity index is 1.62. The molecule has 0 aliphatic heterocycles. The van der Waals surface area contributed by atoms with Crippen LogP contribution in [0.5, 0.6) is 5.75 Å². The van der Waals surface area contributed by atoms with E-state index in [4.69, 9.17) is 16.3 Å². The van der Waals surface area contributed by atoms with E-state index in [0.29, 0.717) is 28.2 Å². The molecule has 4 rings (SSSR count). The second kappa shape index (κ2) is 13.8. The van der Waals surface area contributed by atoms with Crippen molar-refractivity contribution in [3.8, 4) is 5.75 Å². The van der Waals surface area contributed by atoms with Gasteiger partial charge in [0.1, 0.15) is 11.8 Å². The van der Waals surface area contributed by atoms with Crippen molar-refractivity contribution in [1.82, 2.24) is 10.2 Å². The number of rotatable bonds is 10. The second-order valence-corrected chi connectivity index (χ2v) is 11.2. The van der Waals surface area contributed by atoms with Gasteiger partial charge in [-0.1, -0.05) is 91.0 Å². The van der Waals surface area contributed by atoms with E-state index >= 15 is 0 Å². The summed E-state index contributed by atoms with van der Waals surface area (Å²) >= 11 is 9.51. The van der Waals surface area contributed by atoms with Crippen LogP contribution >= 0.6 is 27.5 Å². The molecule has 3 aromatic rings. The first-order valence-corrected chi connectivity index (χ1v) is 14.3. The molecule has 1 atom stereocenters. The molecule has 0 aromatic heterocycles. The fourth-order valence-electron chi connectivity index (χ4n) is 4.92. The van der Waals surface area contributed by atoms with E-state index in [2.05, 4.69) is 27.3 Å². The molecular weight excluding hydrogens is 564 g/mol. The number of nitrogens with one attached hydrogen (secondary N) is 1. The third-order valence-electron chi connectivity index (χ3n) is 6.90. The minimum Gasteiger partial charge on any atom is -0.483 e. The lowest BCUT2D eigenvalue weighted by atomic mass is 9.94. The van der Waals surface area contributed by atoms with Crippen molar-refractivity contribution < 1.29 is 14.3 Å². The predicted molar refractivity (Wildman–Crippen MR) is 155 cm³/mol. The largest absolute Gasteiger partial charge is 0.483 e. The van der Waals surface area contributed by atoms with Gasteiger partial charge in [0.2, 0.25) is 5.91 Å². The number of ether oxygens (including phenoxy) is 1. The topological polar surface area (TPSA) is 58.6 Å². The molecular formula is C31H34BrClN2O3. The van der Waals surface area contributed by atoms with Crippen LogP contribution in [0.1, 0.15) is 48.8 Å². The molecule has 1 saturated carbocycles. The maximum absolute atomic E-state index is 13.8. The van der Waals surface area contributed by atoms with Gasteiger partial charge in [0, 0.05) is 24.0 Å². The highest BCUT2D eigenvalue weighted by molar-refractivity contribution is 9.10. The van der Waals surface area contributed by atoms with E-state index in [-0.39, 0.29) is 24.5 Å². The lowest BCUT2D eigenvalue weighted by Crippen LogP contribution is -2.53. The van der Waals surface area contributed by atoms with Crippen molar-refractivity contribution in [3.05, 3.63) is 99.0 Å². The van der Waals surface area contributed by atoms with Gasteiger partial charge in [-0.3, -0.25) is 9.59 Å². The first kappa shape index (κ1) is 28.2. The Morgan fingerprint density at radius 2 is 1.74 bits per heavy atom. The highest BCUT2D eigenvalue weighted by Crippen LogP contribution is 2.28. The van der Waals surface area contributed by atoms with Gasteiger partial charge in [-0.2, -0.15) is 0 Å². The van der Waals surface area contributed by atoms with Gasteiger partial charge in [-0.25, -0.2) is 0 Å². The molecule has 1 N–H and O–H groups in total. The molecule has 0 heterocycles.